The molecule has 1 aliphatic rings. The molecule has 0 aromatic carbocycles. The maximum absolute atomic E-state index is 4.88. The van der Waals surface area contributed by atoms with Crippen LogP contribution in [0, 0.1) is 13.8 Å². The summed E-state index contributed by atoms with van der Waals surface area (Å²) in [6.45, 7) is 11.0. The number of nitrogens with zero attached hydrogens (tertiary/aromatic N) is 3. The van der Waals surface area contributed by atoms with Gasteiger partial charge in [0.25, 0.3) is 0 Å². The minimum Gasteiger partial charge on any atom is -0.356 e. The first kappa shape index (κ1) is 12.9. The highest BCUT2D eigenvalue weighted by Gasteiger charge is 2.22. The molecule has 2 aromatic heterocycles. The quantitative estimate of drug-likeness (QED) is 0.828. The number of anilines is 1. The van der Waals surface area contributed by atoms with E-state index in [0.717, 1.165) is 23.7 Å². The van der Waals surface area contributed by atoms with E-state index < -0.39 is 0 Å². The lowest BCUT2D eigenvalue weighted by molar-refractivity contribution is 0.776. The molecule has 0 unspecified atom stereocenters. The van der Waals surface area contributed by atoms with Gasteiger partial charge in [-0.25, -0.2) is 9.97 Å². The van der Waals surface area contributed by atoms with Crippen molar-refractivity contribution >= 4 is 27.4 Å². The second kappa shape index (κ2) is 4.75. The van der Waals surface area contributed by atoms with Gasteiger partial charge in [-0.05, 0) is 32.3 Å². The van der Waals surface area contributed by atoms with E-state index in [1.807, 2.05) is 0 Å². The van der Waals surface area contributed by atoms with E-state index in [1.54, 1.807) is 11.3 Å². The molecule has 3 nitrogen and oxygen atoms in total. The van der Waals surface area contributed by atoms with E-state index in [9.17, 15) is 0 Å². The second-order valence-electron chi connectivity index (χ2n) is 5.72. The lowest BCUT2D eigenvalue weighted by atomic mass is 10.1. The molecule has 0 radical (unpaired) electrons. The van der Waals surface area contributed by atoms with Gasteiger partial charge in [0.05, 0.1) is 5.39 Å². The molecule has 1 aliphatic heterocycles. The van der Waals surface area contributed by atoms with Crippen LogP contribution in [0.25, 0.3) is 10.2 Å². The first-order valence-electron chi connectivity index (χ1n) is 7.10. The zero-order valence-electron chi connectivity index (χ0n) is 12.2. The largest absolute Gasteiger partial charge is 0.356 e. The zero-order chi connectivity index (χ0) is 13.6. The molecular formula is C15H21N3S. The standard InChI is InChI=1S/C15H21N3S/c1-9(2)13-16-14(18-7-5-6-8-18)12-10(3)11(4)19-15(12)17-13/h9H,5-8H2,1-4H3. The Morgan fingerprint density at radius 2 is 1.79 bits per heavy atom. The van der Waals surface area contributed by atoms with Gasteiger partial charge in [0, 0.05) is 23.9 Å². The normalized spacial score (nSPS) is 15.9. The van der Waals surface area contributed by atoms with E-state index in [-0.39, 0.29) is 0 Å². The number of aromatic nitrogens is 2. The lowest BCUT2D eigenvalue weighted by Crippen LogP contribution is -2.20. The van der Waals surface area contributed by atoms with Crippen LogP contribution >= 0.6 is 11.3 Å². The molecule has 0 N–H and O–H groups in total. The van der Waals surface area contributed by atoms with Crippen molar-refractivity contribution in [3.05, 3.63) is 16.3 Å². The fourth-order valence-electron chi connectivity index (χ4n) is 2.66. The molecule has 102 valence electrons. The molecule has 0 aliphatic carbocycles. The summed E-state index contributed by atoms with van der Waals surface area (Å²) < 4.78 is 0. The van der Waals surface area contributed by atoms with Crippen LogP contribution in [0.2, 0.25) is 0 Å². The summed E-state index contributed by atoms with van der Waals surface area (Å²) in [5.74, 6) is 2.54. The van der Waals surface area contributed by atoms with Crippen molar-refractivity contribution in [1.29, 1.82) is 0 Å². The highest BCUT2D eigenvalue weighted by molar-refractivity contribution is 7.18. The van der Waals surface area contributed by atoms with E-state index in [2.05, 4.69) is 32.6 Å². The van der Waals surface area contributed by atoms with Crippen molar-refractivity contribution in [1.82, 2.24) is 9.97 Å². The summed E-state index contributed by atoms with van der Waals surface area (Å²) in [4.78, 5) is 14.6. The van der Waals surface area contributed by atoms with Crippen molar-refractivity contribution < 1.29 is 0 Å². The number of hydrogen-bond donors (Lipinski definition) is 0. The monoisotopic (exact) mass is 275 g/mol. The third-order valence-corrected chi connectivity index (χ3v) is 5.05. The van der Waals surface area contributed by atoms with Crippen molar-refractivity contribution in [3.8, 4) is 0 Å². The summed E-state index contributed by atoms with van der Waals surface area (Å²) in [7, 11) is 0. The van der Waals surface area contributed by atoms with Crippen LogP contribution < -0.4 is 4.90 Å². The van der Waals surface area contributed by atoms with Gasteiger partial charge in [-0.3, -0.25) is 0 Å². The average Bonchev–Trinajstić information content (AvgIpc) is 2.98. The van der Waals surface area contributed by atoms with Gasteiger partial charge in [-0.1, -0.05) is 13.8 Å². The number of rotatable bonds is 2. The summed E-state index contributed by atoms with van der Waals surface area (Å²) in [6.07, 6.45) is 2.56. The topological polar surface area (TPSA) is 29.0 Å². The molecule has 1 fully saturated rings. The zero-order valence-corrected chi connectivity index (χ0v) is 13.0. The molecule has 4 heteroatoms. The van der Waals surface area contributed by atoms with Gasteiger partial charge in [0.2, 0.25) is 0 Å². The molecule has 2 aromatic rings. The van der Waals surface area contributed by atoms with E-state index >= 15 is 0 Å². The molecule has 0 spiro atoms. The fraction of sp³-hybridized carbons (Fsp3) is 0.600. The predicted octanol–water partition coefficient (Wildman–Crippen LogP) is 4.03. The molecule has 0 amide bonds. The lowest BCUT2D eigenvalue weighted by Gasteiger charge is -2.19. The molecule has 19 heavy (non-hydrogen) atoms. The highest BCUT2D eigenvalue weighted by atomic mass is 32.1. The first-order chi connectivity index (χ1) is 9.08. The summed E-state index contributed by atoms with van der Waals surface area (Å²) in [5, 5.41) is 1.29. The van der Waals surface area contributed by atoms with Crippen LogP contribution in [0.1, 0.15) is 48.9 Å². The average molecular weight is 275 g/mol. The number of hydrogen-bond acceptors (Lipinski definition) is 4. The summed E-state index contributed by atoms with van der Waals surface area (Å²) in [6, 6.07) is 0. The highest BCUT2D eigenvalue weighted by Crippen LogP contribution is 2.36. The van der Waals surface area contributed by atoms with Gasteiger partial charge in [-0.2, -0.15) is 0 Å². The van der Waals surface area contributed by atoms with E-state index in [0.29, 0.717) is 5.92 Å². The van der Waals surface area contributed by atoms with Crippen molar-refractivity contribution in [2.75, 3.05) is 18.0 Å². The Kier molecular flexibility index (Phi) is 3.21. The minimum atomic E-state index is 0.383. The molecule has 1 saturated heterocycles. The third kappa shape index (κ3) is 2.12. The maximum atomic E-state index is 4.88. The Morgan fingerprint density at radius 3 is 2.42 bits per heavy atom. The van der Waals surface area contributed by atoms with Gasteiger partial charge in [-0.15, -0.1) is 11.3 Å². The Morgan fingerprint density at radius 1 is 1.11 bits per heavy atom. The Balaban J connectivity index is 2.25. The van der Waals surface area contributed by atoms with Gasteiger partial charge >= 0.3 is 0 Å². The van der Waals surface area contributed by atoms with Crippen LogP contribution in [0.4, 0.5) is 5.82 Å². The van der Waals surface area contributed by atoms with Gasteiger partial charge in [0.15, 0.2) is 0 Å². The molecule has 3 heterocycles. The maximum Gasteiger partial charge on any atom is 0.141 e. The molecular weight excluding hydrogens is 254 g/mol. The Labute approximate surface area is 118 Å². The first-order valence-corrected chi connectivity index (χ1v) is 7.92. The second-order valence-corrected chi connectivity index (χ2v) is 6.92. The number of thiophene rings is 1. The van der Waals surface area contributed by atoms with Crippen molar-refractivity contribution in [3.63, 3.8) is 0 Å². The van der Waals surface area contributed by atoms with Crippen LogP contribution in [-0.4, -0.2) is 23.1 Å². The molecule has 3 rings (SSSR count). The fourth-order valence-corrected chi connectivity index (χ4v) is 3.69. The minimum absolute atomic E-state index is 0.383. The molecule has 0 bridgehead atoms. The van der Waals surface area contributed by atoms with E-state index in [4.69, 9.17) is 9.97 Å². The molecule has 0 atom stereocenters. The number of aryl methyl sites for hydroxylation is 2. The van der Waals surface area contributed by atoms with Crippen LogP contribution in [0.3, 0.4) is 0 Å². The SMILES string of the molecule is Cc1sc2nc(C(C)C)nc(N3CCCC3)c2c1C. The predicted molar refractivity (Wildman–Crippen MR) is 82.4 cm³/mol. The summed E-state index contributed by atoms with van der Waals surface area (Å²) in [5.41, 5.74) is 1.36. The Bertz CT molecular complexity index is 609. The summed E-state index contributed by atoms with van der Waals surface area (Å²) >= 11 is 1.81. The van der Waals surface area contributed by atoms with E-state index in [1.165, 1.54) is 34.5 Å². The smallest absolute Gasteiger partial charge is 0.141 e. The third-order valence-electron chi connectivity index (χ3n) is 3.95. The van der Waals surface area contributed by atoms with Crippen LogP contribution in [0.15, 0.2) is 0 Å². The van der Waals surface area contributed by atoms with Crippen LogP contribution in [0.5, 0.6) is 0 Å². The molecule has 0 saturated carbocycles. The Hall–Kier alpha value is -1.16. The van der Waals surface area contributed by atoms with Crippen molar-refractivity contribution in [2.24, 2.45) is 0 Å². The van der Waals surface area contributed by atoms with Crippen molar-refractivity contribution in [2.45, 2.75) is 46.5 Å². The van der Waals surface area contributed by atoms with Crippen LogP contribution in [-0.2, 0) is 0 Å². The van der Waals surface area contributed by atoms with Gasteiger partial charge < -0.3 is 4.90 Å². The number of fused-ring (bicyclic) bond motifs is 1. The van der Waals surface area contributed by atoms with Gasteiger partial charge in [0.1, 0.15) is 16.5 Å².